The number of amides is 2. The van der Waals surface area contributed by atoms with Crippen LogP contribution in [0.4, 0.5) is 5.69 Å². The Morgan fingerprint density at radius 2 is 2.05 bits per heavy atom. The van der Waals surface area contributed by atoms with Gasteiger partial charge in [0.1, 0.15) is 6.04 Å². The van der Waals surface area contributed by atoms with Crippen molar-refractivity contribution in [2.45, 2.75) is 33.2 Å². The molecule has 1 aromatic carbocycles. The van der Waals surface area contributed by atoms with Gasteiger partial charge in [0.2, 0.25) is 11.8 Å². The molecule has 1 N–H and O–H groups in total. The molecule has 22 heavy (non-hydrogen) atoms. The Hall–Kier alpha value is -1.49. The zero-order valence-corrected chi connectivity index (χ0v) is 14.1. The van der Waals surface area contributed by atoms with Crippen LogP contribution in [0.25, 0.3) is 0 Å². The molecule has 1 aromatic rings. The highest BCUT2D eigenvalue weighted by Crippen LogP contribution is 2.41. The van der Waals surface area contributed by atoms with E-state index in [9.17, 15) is 9.59 Å². The van der Waals surface area contributed by atoms with Gasteiger partial charge in [-0.25, -0.2) is 0 Å². The van der Waals surface area contributed by atoms with Crippen molar-refractivity contribution in [3.05, 3.63) is 29.3 Å². The van der Waals surface area contributed by atoms with Gasteiger partial charge in [-0.2, -0.15) is 0 Å². The maximum atomic E-state index is 12.6. The highest BCUT2D eigenvalue weighted by atomic mass is 32.2. The standard InChI is InChI=1S/C17H22N2O2S/c1-10-5-4-6-14(12(10)3)18-16(20)15-8-22-9-19(15)17(21)13-7-11(13)2/h4-6,11,13,15H,7-9H2,1-3H3,(H,18,20)/t11-,13-,15+/m1/s1. The lowest BCUT2D eigenvalue weighted by atomic mass is 10.1. The van der Waals surface area contributed by atoms with Crippen molar-refractivity contribution in [3.8, 4) is 0 Å². The molecule has 1 saturated heterocycles. The molecular formula is C17H22N2O2S. The number of carbonyl (C=O) groups is 2. The van der Waals surface area contributed by atoms with Gasteiger partial charge in [-0.3, -0.25) is 9.59 Å². The molecule has 2 fully saturated rings. The quantitative estimate of drug-likeness (QED) is 0.932. The van der Waals surface area contributed by atoms with Crippen LogP contribution in [0.15, 0.2) is 18.2 Å². The topological polar surface area (TPSA) is 49.4 Å². The van der Waals surface area contributed by atoms with Crippen LogP contribution in [-0.4, -0.2) is 34.4 Å². The van der Waals surface area contributed by atoms with Crippen LogP contribution in [0.1, 0.15) is 24.5 Å². The van der Waals surface area contributed by atoms with E-state index < -0.39 is 0 Å². The van der Waals surface area contributed by atoms with E-state index in [4.69, 9.17) is 0 Å². The maximum absolute atomic E-state index is 12.6. The molecule has 4 nitrogen and oxygen atoms in total. The predicted octanol–water partition coefficient (Wildman–Crippen LogP) is 2.80. The van der Waals surface area contributed by atoms with Gasteiger partial charge in [0.05, 0.1) is 5.88 Å². The highest BCUT2D eigenvalue weighted by Gasteiger charge is 2.45. The number of benzene rings is 1. The highest BCUT2D eigenvalue weighted by molar-refractivity contribution is 7.99. The van der Waals surface area contributed by atoms with Gasteiger partial charge in [0.25, 0.3) is 0 Å². The molecule has 1 aliphatic carbocycles. The summed E-state index contributed by atoms with van der Waals surface area (Å²) >= 11 is 1.66. The summed E-state index contributed by atoms with van der Waals surface area (Å²) < 4.78 is 0. The fourth-order valence-electron chi connectivity index (χ4n) is 2.86. The Labute approximate surface area is 135 Å². The van der Waals surface area contributed by atoms with Crippen LogP contribution in [0.5, 0.6) is 0 Å². The Kier molecular flexibility index (Phi) is 4.17. The van der Waals surface area contributed by atoms with Gasteiger partial charge in [0, 0.05) is 17.4 Å². The second-order valence-electron chi connectivity index (χ2n) is 6.38. The van der Waals surface area contributed by atoms with Gasteiger partial charge in [-0.05, 0) is 43.4 Å². The second-order valence-corrected chi connectivity index (χ2v) is 7.38. The van der Waals surface area contributed by atoms with Gasteiger partial charge in [0.15, 0.2) is 0 Å². The van der Waals surface area contributed by atoms with E-state index in [1.165, 1.54) is 0 Å². The number of anilines is 1. The van der Waals surface area contributed by atoms with E-state index >= 15 is 0 Å². The van der Waals surface area contributed by atoms with Crippen molar-refractivity contribution in [1.29, 1.82) is 0 Å². The molecule has 3 rings (SSSR count). The minimum Gasteiger partial charge on any atom is -0.324 e. The van der Waals surface area contributed by atoms with E-state index in [0.717, 1.165) is 23.2 Å². The lowest BCUT2D eigenvalue weighted by molar-refractivity contribution is -0.137. The first-order valence-electron chi connectivity index (χ1n) is 7.74. The van der Waals surface area contributed by atoms with Crippen LogP contribution in [-0.2, 0) is 9.59 Å². The monoisotopic (exact) mass is 318 g/mol. The number of nitrogens with zero attached hydrogens (tertiary/aromatic N) is 1. The smallest absolute Gasteiger partial charge is 0.248 e. The SMILES string of the molecule is Cc1cccc(NC(=O)[C@@H]2CSCN2C(=O)[C@@H]2C[C@H]2C)c1C. The predicted molar refractivity (Wildman–Crippen MR) is 89.8 cm³/mol. The molecule has 2 aliphatic rings. The zero-order chi connectivity index (χ0) is 15.9. The second kappa shape index (κ2) is 5.95. The molecule has 0 radical (unpaired) electrons. The zero-order valence-electron chi connectivity index (χ0n) is 13.3. The molecule has 0 spiro atoms. The summed E-state index contributed by atoms with van der Waals surface area (Å²) in [4.78, 5) is 26.8. The number of aryl methyl sites for hydroxylation is 1. The molecule has 0 aromatic heterocycles. The van der Waals surface area contributed by atoms with Gasteiger partial charge in [-0.1, -0.05) is 19.1 Å². The van der Waals surface area contributed by atoms with E-state index in [1.807, 2.05) is 32.0 Å². The Balaban J connectivity index is 1.71. The molecule has 3 atom stereocenters. The first-order valence-corrected chi connectivity index (χ1v) is 8.90. The van der Waals surface area contributed by atoms with Crippen molar-refractivity contribution in [2.24, 2.45) is 11.8 Å². The number of carbonyl (C=O) groups excluding carboxylic acids is 2. The lowest BCUT2D eigenvalue weighted by Crippen LogP contribution is -2.45. The Morgan fingerprint density at radius 3 is 2.73 bits per heavy atom. The third-order valence-corrected chi connectivity index (χ3v) is 5.77. The van der Waals surface area contributed by atoms with Crippen LogP contribution in [0.3, 0.4) is 0 Å². The largest absolute Gasteiger partial charge is 0.324 e. The fourth-order valence-corrected chi connectivity index (χ4v) is 4.02. The Morgan fingerprint density at radius 1 is 1.32 bits per heavy atom. The summed E-state index contributed by atoms with van der Waals surface area (Å²) in [5, 5.41) is 3.00. The van der Waals surface area contributed by atoms with Crippen molar-refractivity contribution >= 4 is 29.3 Å². The number of hydrogen-bond donors (Lipinski definition) is 1. The normalized spacial score (nSPS) is 26.9. The van der Waals surface area contributed by atoms with Crippen LogP contribution in [0, 0.1) is 25.7 Å². The molecule has 0 bridgehead atoms. The molecular weight excluding hydrogens is 296 g/mol. The number of hydrogen-bond acceptors (Lipinski definition) is 3. The lowest BCUT2D eigenvalue weighted by Gasteiger charge is -2.23. The summed E-state index contributed by atoms with van der Waals surface area (Å²) in [6, 6.07) is 5.54. The number of thioether (sulfide) groups is 1. The summed E-state index contributed by atoms with van der Waals surface area (Å²) in [5.74, 6) is 2.01. The molecule has 0 unspecified atom stereocenters. The van der Waals surface area contributed by atoms with Crippen molar-refractivity contribution in [3.63, 3.8) is 0 Å². The first-order chi connectivity index (χ1) is 10.5. The van der Waals surface area contributed by atoms with E-state index in [-0.39, 0.29) is 23.8 Å². The molecule has 1 heterocycles. The Bertz CT molecular complexity index is 617. The summed E-state index contributed by atoms with van der Waals surface area (Å²) in [6.07, 6.45) is 0.964. The summed E-state index contributed by atoms with van der Waals surface area (Å²) in [5.41, 5.74) is 3.07. The molecule has 2 amide bonds. The van der Waals surface area contributed by atoms with Crippen LogP contribution in [0.2, 0.25) is 0 Å². The average Bonchev–Trinajstić information content (AvgIpc) is 3.02. The number of nitrogens with one attached hydrogen (secondary N) is 1. The van der Waals surface area contributed by atoms with E-state index in [1.54, 1.807) is 16.7 Å². The average molecular weight is 318 g/mol. The van der Waals surface area contributed by atoms with Crippen molar-refractivity contribution < 1.29 is 9.59 Å². The minimum atomic E-state index is -0.342. The van der Waals surface area contributed by atoms with Crippen LogP contribution < -0.4 is 5.32 Å². The molecule has 1 aliphatic heterocycles. The fraction of sp³-hybridized carbons (Fsp3) is 0.529. The van der Waals surface area contributed by atoms with Gasteiger partial charge < -0.3 is 10.2 Å². The number of rotatable bonds is 3. The maximum Gasteiger partial charge on any atom is 0.248 e. The van der Waals surface area contributed by atoms with Crippen molar-refractivity contribution in [1.82, 2.24) is 4.90 Å². The van der Waals surface area contributed by atoms with E-state index in [0.29, 0.717) is 17.5 Å². The molecule has 5 heteroatoms. The first kappa shape index (κ1) is 15.4. The third-order valence-electron chi connectivity index (χ3n) is 4.76. The molecule has 118 valence electrons. The third kappa shape index (κ3) is 2.86. The summed E-state index contributed by atoms with van der Waals surface area (Å²) in [6.45, 7) is 6.13. The summed E-state index contributed by atoms with van der Waals surface area (Å²) in [7, 11) is 0. The molecule has 1 saturated carbocycles. The van der Waals surface area contributed by atoms with Gasteiger partial charge >= 0.3 is 0 Å². The minimum absolute atomic E-state index is 0.0691. The van der Waals surface area contributed by atoms with E-state index in [2.05, 4.69) is 12.2 Å². The van der Waals surface area contributed by atoms with Crippen molar-refractivity contribution in [2.75, 3.05) is 16.9 Å². The van der Waals surface area contributed by atoms with Gasteiger partial charge in [-0.15, -0.1) is 11.8 Å². The van der Waals surface area contributed by atoms with Crippen LogP contribution >= 0.6 is 11.8 Å².